The highest BCUT2D eigenvalue weighted by Gasteiger charge is 2.32. The summed E-state index contributed by atoms with van der Waals surface area (Å²) in [5.41, 5.74) is -0.915. The Bertz CT molecular complexity index is 1140. The fourth-order valence-electron chi connectivity index (χ4n) is 3.98. The van der Waals surface area contributed by atoms with Crippen molar-refractivity contribution in [2.24, 2.45) is 0 Å². The number of hydrogen-bond donors (Lipinski definition) is 2. The van der Waals surface area contributed by atoms with E-state index in [-0.39, 0.29) is 17.4 Å². The van der Waals surface area contributed by atoms with Crippen molar-refractivity contribution in [1.29, 1.82) is 0 Å². The fraction of sp³-hybridized carbons (Fsp3) is 0.400. The molecule has 12 heteroatoms. The number of amides is 3. The lowest BCUT2D eigenvalue weighted by molar-refractivity contribution is -0.137. The van der Waals surface area contributed by atoms with Gasteiger partial charge in [0.15, 0.2) is 0 Å². The Morgan fingerprint density at radius 3 is 2.27 bits per heavy atom. The summed E-state index contributed by atoms with van der Waals surface area (Å²) in [7, 11) is -2.03. The van der Waals surface area contributed by atoms with Gasteiger partial charge in [-0.05, 0) is 55.3 Å². The van der Waals surface area contributed by atoms with Crippen LogP contribution in [-0.2, 0) is 31.4 Å². The van der Waals surface area contributed by atoms with Gasteiger partial charge in [-0.1, -0.05) is 25.3 Å². The van der Waals surface area contributed by atoms with E-state index in [2.05, 4.69) is 10.6 Å². The van der Waals surface area contributed by atoms with Crippen molar-refractivity contribution in [2.45, 2.75) is 44.3 Å². The van der Waals surface area contributed by atoms with Crippen LogP contribution in [0.3, 0.4) is 0 Å². The van der Waals surface area contributed by atoms with Gasteiger partial charge in [0.2, 0.25) is 17.7 Å². The van der Waals surface area contributed by atoms with Crippen molar-refractivity contribution in [1.82, 2.24) is 5.32 Å². The number of nitrogens with one attached hydrogen (secondary N) is 2. The third-order valence-corrected chi connectivity index (χ3v) is 6.92. The monoisotopic (exact) mass is 541 g/mol. The van der Waals surface area contributed by atoms with Crippen molar-refractivity contribution >= 4 is 39.9 Å². The van der Waals surface area contributed by atoms with Crippen molar-refractivity contribution < 1.29 is 36.2 Å². The van der Waals surface area contributed by atoms with E-state index in [1.807, 2.05) is 0 Å². The summed E-state index contributed by atoms with van der Waals surface area (Å²) in [6.45, 7) is -0.560. The normalized spacial score (nSPS) is 15.0. The molecule has 1 aliphatic carbocycles. The molecule has 200 valence electrons. The van der Waals surface area contributed by atoms with Gasteiger partial charge in [0, 0.05) is 28.2 Å². The Balaban J connectivity index is 1.70. The smallest absolute Gasteiger partial charge is 0.352 e. The Labute approximate surface area is 214 Å². The van der Waals surface area contributed by atoms with Crippen molar-refractivity contribution in [2.75, 3.05) is 28.3 Å². The SMILES string of the molecule is O=C(C[S@@](=O)CC(=O)N(CC(=O)NC1CCCCC1)c1cccc(C(F)(F)F)c1)Nc1ccc(F)cc1. The minimum atomic E-state index is -4.67. The van der Waals surface area contributed by atoms with E-state index in [0.29, 0.717) is 0 Å². The molecule has 7 nitrogen and oxygen atoms in total. The van der Waals surface area contributed by atoms with Crippen LogP contribution in [0.4, 0.5) is 28.9 Å². The van der Waals surface area contributed by atoms with E-state index >= 15 is 0 Å². The molecule has 3 rings (SSSR count). The second kappa shape index (κ2) is 12.8. The topological polar surface area (TPSA) is 95.6 Å². The highest BCUT2D eigenvalue weighted by molar-refractivity contribution is 7.86. The molecule has 0 saturated heterocycles. The summed E-state index contributed by atoms with van der Waals surface area (Å²) in [4.78, 5) is 38.7. The number of nitrogens with zero attached hydrogens (tertiary/aromatic N) is 1. The molecule has 2 aromatic carbocycles. The third kappa shape index (κ3) is 8.96. The van der Waals surface area contributed by atoms with Gasteiger partial charge in [-0.25, -0.2) is 4.39 Å². The Hall–Kier alpha value is -3.28. The van der Waals surface area contributed by atoms with E-state index < -0.39 is 64.1 Å². The van der Waals surface area contributed by atoms with Gasteiger partial charge in [0.25, 0.3) is 0 Å². The number of rotatable bonds is 9. The van der Waals surface area contributed by atoms with Crippen LogP contribution in [0.25, 0.3) is 0 Å². The summed E-state index contributed by atoms with van der Waals surface area (Å²) in [6, 6.07) is 8.74. The minimum absolute atomic E-state index is 0.0796. The van der Waals surface area contributed by atoms with Crippen molar-refractivity contribution in [3.63, 3.8) is 0 Å². The first-order valence-electron chi connectivity index (χ1n) is 11.7. The molecule has 37 heavy (non-hydrogen) atoms. The number of halogens is 4. The number of carbonyl (C=O) groups excluding carboxylic acids is 3. The predicted octanol–water partition coefficient (Wildman–Crippen LogP) is 4.01. The quantitative estimate of drug-likeness (QED) is 0.469. The predicted molar refractivity (Wildman–Crippen MR) is 132 cm³/mol. The molecular weight excluding hydrogens is 514 g/mol. The molecule has 3 amide bonds. The van der Waals surface area contributed by atoms with E-state index in [1.54, 1.807) is 0 Å². The van der Waals surface area contributed by atoms with Crippen LogP contribution in [-0.4, -0.2) is 46.0 Å². The molecule has 0 unspecified atom stereocenters. The second-order valence-corrected chi connectivity index (χ2v) is 10.2. The van der Waals surface area contributed by atoms with Gasteiger partial charge in [0.1, 0.15) is 23.9 Å². The number of hydrogen-bond acceptors (Lipinski definition) is 4. The van der Waals surface area contributed by atoms with Crippen molar-refractivity contribution in [3.05, 3.63) is 59.9 Å². The van der Waals surface area contributed by atoms with E-state index in [9.17, 15) is 36.2 Å². The lowest BCUT2D eigenvalue weighted by Crippen LogP contribution is -2.46. The zero-order valence-electron chi connectivity index (χ0n) is 19.9. The molecule has 0 spiro atoms. The molecule has 0 bridgehead atoms. The Morgan fingerprint density at radius 1 is 0.946 bits per heavy atom. The molecule has 0 aromatic heterocycles. The summed E-state index contributed by atoms with van der Waals surface area (Å²) in [6.07, 6.45) is -0.175. The number of benzene rings is 2. The maximum Gasteiger partial charge on any atom is 0.416 e. The second-order valence-electron chi connectivity index (χ2n) is 8.71. The molecule has 1 atom stereocenters. The number of alkyl halides is 3. The average molecular weight is 542 g/mol. The molecule has 1 aliphatic rings. The summed E-state index contributed by atoms with van der Waals surface area (Å²) in [5.74, 6) is -3.88. The van der Waals surface area contributed by atoms with E-state index in [0.717, 1.165) is 67.3 Å². The summed E-state index contributed by atoms with van der Waals surface area (Å²) < 4.78 is 65.3. The maximum atomic E-state index is 13.3. The largest absolute Gasteiger partial charge is 0.416 e. The first kappa shape index (κ1) is 28.3. The van der Waals surface area contributed by atoms with Crippen LogP contribution < -0.4 is 15.5 Å². The summed E-state index contributed by atoms with van der Waals surface area (Å²) in [5, 5.41) is 5.24. The van der Waals surface area contributed by atoms with E-state index in [4.69, 9.17) is 0 Å². The zero-order chi connectivity index (χ0) is 27.0. The highest BCUT2D eigenvalue weighted by atomic mass is 32.2. The average Bonchev–Trinajstić information content (AvgIpc) is 2.84. The first-order chi connectivity index (χ1) is 17.5. The number of anilines is 2. The van der Waals surface area contributed by atoms with Crippen LogP contribution in [0.15, 0.2) is 48.5 Å². The first-order valence-corrected chi connectivity index (χ1v) is 13.2. The Kier molecular flexibility index (Phi) is 9.79. The number of carbonyl (C=O) groups is 3. The summed E-state index contributed by atoms with van der Waals surface area (Å²) >= 11 is 0. The van der Waals surface area contributed by atoms with Crippen LogP contribution in [0.2, 0.25) is 0 Å². The van der Waals surface area contributed by atoms with E-state index in [1.165, 1.54) is 18.2 Å². The lowest BCUT2D eigenvalue weighted by atomic mass is 9.95. The Morgan fingerprint density at radius 2 is 1.62 bits per heavy atom. The van der Waals surface area contributed by atoms with Gasteiger partial charge in [-0.2, -0.15) is 13.2 Å². The molecule has 0 radical (unpaired) electrons. The van der Waals surface area contributed by atoms with Crippen molar-refractivity contribution in [3.8, 4) is 0 Å². The highest BCUT2D eigenvalue weighted by Crippen LogP contribution is 2.31. The van der Waals surface area contributed by atoms with Crippen LogP contribution in [0, 0.1) is 5.82 Å². The van der Waals surface area contributed by atoms with Crippen LogP contribution in [0.5, 0.6) is 0 Å². The van der Waals surface area contributed by atoms with Gasteiger partial charge < -0.3 is 15.5 Å². The van der Waals surface area contributed by atoms with Gasteiger partial charge >= 0.3 is 6.18 Å². The molecule has 2 aromatic rings. The maximum absolute atomic E-state index is 13.3. The van der Waals surface area contributed by atoms with Gasteiger partial charge in [0.05, 0.1) is 5.56 Å². The molecule has 2 N–H and O–H groups in total. The third-order valence-electron chi connectivity index (χ3n) is 5.76. The molecule has 0 aliphatic heterocycles. The molecule has 1 fully saturated rings. The zero-order valence-corrected chi connectivity index (χ0v) is 20.7. The molecular formula is C25H27F4N3O4S. The molecule has 0 heterocycles. The standard InChI is InChI=1S/C25H27F4N3O4S/c26-18-9-11-20(12-10-18)31-23(34)15-37(36)16-24(35)32(14-22(33)30-19-6-2-1-3-7-19)21-8-4-5-17(13-21)25(27,28)29/h4-5,8-13,19H,1-3,6-7,14-16H2,(H,30,33)(H,31,34)/t37-/m1/s1. The lowest BCUT2D eigenvalue weighted by Gasteiger charge is -2.26. The van der Waals surface area contributed by atoms with Gasteiger partial charge in [-0.3, -0.25) is 18.6 Å². The minimum Gasteiger partial charge on any atom is -0.352 e. The van der Waals surface area contributed by atoms with Crippen LogP contribution >= 0.6 is 0 Å². The fourth-order valence-corrected chi connectivity index (χ4v) is 4.88. The van der Waals surface area contributed by atoms with Gasteiger partial charge in [-0.15, -0.1) is 0 Å². The molecule has 1 saturated carbocycles. The van der Waals surface area contributed by atoms with Crippen LogP contribution in [0.1, 0.15) is 37.7 Å².